The van der Waals surface area contributed by atoms with Crippen LogP contribution in [0.5, 0.6) is 11.5 Å². The molecule has 0 aromatic heterocycles. The predicted octanol–water partition coefficient (Wildman–Crippen LogP) is 5.03. The molecule has 0 amide bonds. The number of alkyl halides is 3. The Kier molecular flexibility index (Phi) is 4.94. The second-order valence-corrected chi connectivity index (χ2v) is 6.97. The van der Waals surface area contributed by atoms with E-state index in [1.54, 1.807) is 6.07 Å². The van der Waals surface area contributed by atoms with E-state index in [4.69, 9.17) is 15.7 Å². The summed E-state index contributed by atoms with van der Waals surface area (Å²) in [6.07, 6.45) is -6.12. The van der Waals surface area contributed by atoms with E-state index in [0.717, 1.165) is 6.07 Å². The number of nitrogens with two attached hydrogens (primary N) is 1. The van der Waals surface area contributed by atoms with Gasteiger partial charge in [0.25, 0.3) is 0 Å². The Hall–Kier alpha value is -3.45. The first-order chi connectivity index (χ1) is 14.6. The second kappa shape index (κ2) is 7.35. The summed E-state index contributed by atoms with van der Waals surface area (Å²) in [6, 6.07) is 7.08. The monoisotopic (exact) mass is 438 g/mol. The van der Waals surface area contributed by atoms with E-state index in [9.17, 15) is 26.3 Å². The number of ether oxygens (including phenoxy) is 2. The molecule has 0 fully saturated rings. The molecule has 4 rings (SSSR count). The van der Waals surface area contributed by atoms with Gasteiger partial charge in [-0.2, -0.15) is 5.26 Å². The zero-order valence-electron chi connectivity index (χ0n) is 15.4. The number of hydrogen-bond donors (Lipinski definition) is 1. The van der Waals surface area contributed by atoms with Gasteiger partial charge < -0.3 is 15.2 Å². The van der Waals surface area contributed by atoms with Crippen LogP contribution in [0.1, 0.15) is 22.8 Å². The molecule has 3 aromatic carbocycles. The lowest BCUT2D eigenvalue weighted by atomic mass is 9.89. The minimum Gasteiger partial charge on any atom is -0.484 e. The molecule has 0 spiro atoms. The van der Waals surface area contributed by atoms with Crippen molar-refractivity contribution in [1.82, 2.24) is 0 Å². The Balaban J connectivity index is 1.81. The number of nitrogens with zero attached hydrogens (tertiary/aromatic N) is 1. The van der Waals surface area contributed by atoms with Crippen molar-refractivity contribution in [3.05, 3.63) is 70.5 Å². The van der Waals surface area contributed by atoms with E-state index >= 15 is 0 Å². The highest BCUT2D eigenvalue weighted by Gasteiger charge is 2.35. The molecule has 2 N–H and O–H groups in total. The maximum Gasteiger partial charge on any atom is 0.573 e. The van der Waals surface area contributed by atoms with Crippen molar-refractivity contribution in [1.29, 1.82) is 5.26 Å². The Morgan fingerprint density at radius 3 is 2.42 bits per heavy atom. The predicted molar refractivity (Wildman–Crippen MR) is 96.7 cm³/mol. The lowest BCUT2D eigenvalue weighted by molar-refractivity contribution is -0.274. The third-order valence-corrected chi connectivity index (χ3v) is 4.96. The van der Waals surface area contributed by atoms with Crippen LogP contribution in [-0.4, -0.2) is 12.4 Å². The second-order valence-electron chi connectivity index (χ2n) is 6.97. The van der Waals surface area contributed by atoms with Gasteiger partial charge in [0.05, 0.1) is 11.6 Å². The Labute approximate surface area is 171 Å². The molecule has 0 bridgehead atoms. The van der Waals surface area contributed by atoms with Crippen molar-refractivity contribution in [3.63, 3.8) is 0 Å². The Bertz CT molecular complexity index is 1240. The van der Waals surface area contributed by atoms with Gasteiger partial charge in [-0.3, -0.25) is 0 Å². The van der Waals surface area contributed by atoms with Crippen molar-refractivity contribution < 1.29 is 35.8 Å². The van der Waals surface area contributed by atoms with E-state index in [1.165, 1.54) is 18.2 Å². The molecule has 0 aliphatic carbocycles. The highest BCUT2D eigenvalue weighted by Crippen LogP contribution is 2.41. The fraction of sp³-hybridized carbons (Fsp3) is 0.190. The van der Waals surface area contributed by atoms with Crippen molar-refractivity contribution >= 4 is 10.8 Å². The summed E-state index contributed by atoms with van der Waals surface area (Å²) in [4.78, 5) is 0. The van der Waals surface area contributed by atoms with Gasteiger partial charge in [-0.15, -0.1) is 13.2 Å². The maximum absolute atomic E-state index is 14.2. The third-order valence-electron chi connectivity index (χ3n) is 4.96. The average Bonchev–Trinajstić information content (AvgIpc) is 2.69. The van der Waals surface area contributed by atoms with Gasteiger partial charge in [-0.05, 0) is 41.5 Å². The smallest absolute Gasteiger partial charge is 0.484 e. The van der Waals surface area contributed by atoms with Crippen LogP contribution in [0.15, 0.2) is 36.4 Å². The molecule has 0 saturated heterocycles. The van der Waals surface area contributed by atoms with Crippen LogP contribution >= 0.6 is 0 Å². The summed E-state index contributed by atoms with van der Waals surface area (Å²) in [5, 5.41) is 9.89. The quantitative estimate of drug-likeness (QED) is 0.450. The van der Waals surface area contributed by atoms with Gasteiger partial charge in [-0.25, -0.2) is 13.2 Å². The first-order valence-corrected chi connectivity index (χ1v) is 8.89. The number of fused-ring (bicyclic) bond motifs is 3. The molecule has 2 atom stereocenters. The van der Waals surface area contributed by atoms with Crippen LogP contribution in [0.3, 0.4) is 0 Å². The zero-order valence-corrected chi connectivity index (χ0v) is 15.4. The molecule has 31 heavy (non-hydrogen) atoms. The number of nitriles is 1. The van der Waals surface area contributed by atoms with E-state index in [2.05, 4.69) is 4.74 Å². The SMILES string of the molecule is N#Cc1cc2ccc3c(c2cc1OC(F)(F)F)CC(N)C(c1cc(F)c(F)cc1F)O3. The molecule has 4 nitrogen and oxygen atoms in total. The van der Waals surface area contributed by atoms with Gasteiger partial charge in [0.2, 0.25) is 0 Å². The van der Waals surface area contributed by atoms with Gasteiger partial charge in [-0.1, -0.05) is 6.07 Å². The molecule has 0 radical (unpaired) electrons. The highest BCUT2D eigenvalue weighted by molar-refractivity contribution is 5.91. The van der Waals surface area contributed by atoms with Gasteiger partial charge in [0.1, 0.15) is 29.5 Å². The van der Waals surface area contributed by atoms with Crippen molar-refractivity contribution in [2.75, 3.05) is 0 Å². The molecule has 1 heterocycles. The van der Waals surface area contributed by atoms with Crippen LogP contribution in [0.2, 0.25) is 0 Å². The number of benzene rings is 3. The standard InChI is InChI=1S/C21H12F6N2O2/c22-14-7-16(24)15(23)4-13(14)20-17(29)5-12-11-6-19(31-21(25,26)27)10(8-28)3-9(11)1-2-18(12)30-20/h1-4,6-7,17,20H,5,29H2. The lowest BCUT2D eigenvalue weighted by Crippen LogP contribution is -2.38. The molecule has 0 saturated carbocycles. The highest BCUT2D eigenvalue weighted by atomic mass is 19.4. The van der Waals surface area contributed by atoms with Crippen LogP contribution in [0, 0.1) is 28.8 Å². The lowest BCUT2D eigenvalue weighted by Gasteiger charge is -2.32. The normalized spacial score (nSPS) is 18.3. The van der Waals surface area contributed by atoms with Crippen molar-refractivity contribution in [3.8, 4) is 17.6 Å². The van der Waals surface area contributed by atoms with E-state index in [0.29, 0.717) is 28.5 Å². The van der Waals surface area contributed by atoms with Crippen LogP contribution < -0.4 is 15.2 Å². The maximum atomic E-state index is 14.2. The molecule has 2 unspecified atom stereocenters. The van der Waals surface area contributed by atoms with Gasteiger partial charge in [0.15, 0.2) is 11.6 Å². The molecule has 1 aliphatic rings. The van der Waals surface area contributed by atoms with Crippen LogP contribution in [0.4, 0.5) is 26.3 Å². The summed E-state index contributed by atoms with van der Waals surface area (Å²) in [5.41, 5.74) is 5.92. The number of hydrogen-bond acceptors (Lipinski definition) is 4. The summed E-state index contributed by atoms with van der Waals surface area (Å²) < 4.78 is 89.0. The molecule has 3 aromatic rings. The first-order valence-electron chi connectivity index (χ1n) is 8.89. The summed E-state index contributed by atoms with van der Waals surface area (Å²) >= 11 is 0. The number of rotatable bonds is 2. The zero-order chi connectivity index (χ0) is 22.5. The fourth-order valence-corrected chi connectivity index (χ4v) is 3.63. The Morgan fingerprint density at radius 2 is 1.74 bits per heavy atom. The molecule has 10 heteroatoms. The van der Waals surface area contributed by atoms with Gasteiger partial charge in [0, 0.05) is 17.2 Å². The topological polar surface area (TPSA) is 68.3 Å². The molecular formula is C21H12F6N2O2. The van der Waals surface area contributed by atoms with E-state index in [1.807, 2.05) is 0 Å². The van der Waals surface area contributed by atoms with E-state index in [-0.39, 0.29) is 23.3 Å². The van der Waals surface area contributed by atoms with Crippen LogP contribution in [0.25, 0.3) is 10.8 Å². The Morgan fingerprint density at radius 1 is 1.03 bits per heavy atom. The molecule has 1 aliphatic heterocycles. The first kappa shape index (κ1) is 20.8. The minimum absolute atomic E-state index is 0.0349. The van der Waals surface area contributed by atoms with Crippen molar-refractivity contribution in [2.45, 2.75) is 24.9 Å². The molecule has 160 valence electrons. The molecular weight excluding hydrogens is 426 g/mol. The number of halogens is 6. The summed E-state index contributed by atoms with van der Waals surface area (Å²) in [6.45, 7) is 0. The summed E-state index contributed by atoms with van der Waals surface area (Å²) in [5.74, 6) is -4.16. The largest absolute Gasteiger partial charge is 0.573 e. The fourth-order valence-electron chi connectivity index (χ4n) is 3.63. The van der Waals surface area contributed by atoms with E-state index < -0.39 is 41.7 Å². The average molecular weight is 438 g/mol. The minimum atomic E-state index is -5.00. The van der Waals surface area contributed by atoms with Gasteiger partial charge >= 0.3 is 6.36 Å². The van der Waals surface area contributed by atoms with Crippen LogP contribution in [-0.2, 0) is 6.42 Å². The third kappa shape index (κ3) is 3.84. The van der Waals surface area contributed by atoms with Crippen molar-refractivity contribution in [2.24, 2.45) is 5.73 Å². The summed E-state index contributed by atoms with van der Waals surface area (Å²) in [7, 11) is 0.